The van der Waals surface area contributed by atoms with Crippen molar-refractivity contribution >= 4 is 17.5 Å². The summed E-state index contributed by atoms with van der Waals surface area (Å²) in [6.45, 7) is 3.55. The fourth-order valence-corrected chi connectivity index (χ4v) is 1.98. The lowest BCUT2D eigenvalue weighted by atomic mass is 10.4. The van der Waals surface area contributed by atoms with Crippen LogP contribution in [0.1, 0.15) is 0 Å². The number of hydrogen-bond donors (Lipinski definition) is 1. The topological polar surface area (TPSA) is 71.8 Å². The van der Waals surface area contributed by atoms with Crippen molar-refractivity contribution in [3.63, 3.8) is 0 Å². The smallest absolute Gasteiger partial charge is 0.256 e. The fraction of sp³-hybridized carbons (Fsp3) is 0.400. The molecule has 0 amide bonds. The number of nitrogens with one attached hydrogen (secondary N) is 1. The van der Waals surface area contributed by atoms with Crippen molar-refractivity contribution in [3.8, 4) is 5.95 Å². The van der Waals surface area contributed by atoms with Crippen LogP contribution in [0.3, 0.4) is 0 Å². The molecule has 1 aliphatic heterocycles. The molecule has 1 fully saturated rings. The average Bonchev–Trinajstić information content (AvgIpc) is 2.93. The van der Waals surface area contributed by atoms with Crippen LogP contribution in [-0.4, -0.2) is 50.9 Å². The summed E-state index contributed by atoms with van der Waals surface area (Å²) in [5.41, 5.74) is 0. The first-order chi connectivity index (χ1) is 8.83. The molecule has 0 atom stereocenters. The maximum atomic E-state index is 5.94. The molecule has 0 aromatic carbocycles. The summed E-state index contributed by atoms with van der Waals surface area (Å²) in [6, 6.07) is 1.81. The van der Waals surface area contributed by atoms with E-state index in [4.69, 9.17) is 11.6 Å². The summed E-state index contributed by atoms with van der Waals surface area (Å²) in [5, 5.41) is 7.55. The number of nitrogens with zero attached hydrogens (tertiary/aromatic N) is 6. The molecule has 0 unspecified atom stereocenters. The molecule has 18 heavy (non-hydrogen) atoms. The standard InChI is InChI=1S/C10H12ClN7/c11-8-14-9(17-6-3-12-4-7-17)16-10(15-8)18-5-1-2-13-18/h1-2,5,12H,3-4,6-7H2. The second kappa shape index (κ2) is 4.87. The normalized spacial score (nSPS) is 15.9. The minimum absolute atomic E-state index is 0.184. The fourth-order valence-electron chi connectivity index (χ4n) is 1.83. The van der Waals surface area contributed by atoms with Gasteiger partial charge in [0.1, 0.15) is 0 Å². The van der Waals surface area contributed by atoms with Gasteiger partial charge in [-0.15, -0.1) is 0 Å². The Morgan fingerprint density at radius 3 is 2.61 bits per heavy atom. The highest BCUT2D eigenvalue weighted by molar-refractivity contribution is 6.28. The van der Waals surface area contributed by atoms with Crippen LogP contribution < -0.4 is 10.2 Å². The van der Waals surface area contributed by atoms with Crippen molar-refractivity contribution < 1.29 is 0 Å². The van der Waals surface area contributed by atoms with Crippen molar-refractivity contribution in [2.24, 2.45) is 0 Å². The number of halogens is 1. The Morgan fingerprint density at radius 2 is 1.89 bits per heavy atom. The van der Waals surface area contributed by atoms with Crippen LogP contribution in [0.15, 0.2) is 18.5 Å². The largest absolute Gasteiger partial charge is 0.338 e. The van der Waals surface area contributed by atoms with Gasteiger partial charge in [-0.25, -0.2) is 4.68 Å². The number of aromatic nitrogens is 5. The van der Waals surface area contributed by atoms with Crippen molar-refractivity contribution in [3.05, 3.63) is 23.7 Å². The van der Waals surface area contributed by atoms with E-state index in [-0.39, 0.29) is 5.28 Å². The van der Waals surface area contributed by atoms with Gasteiger partial charge in [0, 0.05) is 38.6 Å². The quantitative estimate of drug-likeness (QED) is 0.832. The molecule has 3 heterocycles. The Morgan fingerprint density at radius 1 is 1.11 bits per heavy atom. The predicted molar refractivity (Wildman–Crippen MR) is 67.0 cm³/mol. The molecule has 7 nitrogen and oxygen atoms in total. The molecular formula is C10H12ClN7. The van der Waals surface area contributed by atoms with Crippen molar-refractivity contribution in [2.45, 2.75) is 0 Å². The second-order valence-electron chi connectivity index (χ2n) is 3.89. The minimum atomic E-state index is 0.184. The molecule has 0 spiro atoms. The van der Waals surface area contributed by atoms with Crippen molar-refractivity contribution in [2.75, 3.05) is 31.1 Å². The molecule has 1 N–H and O–H groups in total. The van der Waals surface area contributed by atoms with Crippen LogP contribution in [0.5, 0.6) is 0 Å². The molecule has 0 bridgehead atoms. The first-order valence-corrected chi connectivity index (χ1v) is 6.08. The zero-order valence-electron chi connectivity index (χ0n) is 9.62. The van der Waals surface area contributed by atoms with Crippen LogP contribution >= 0.6 is 11.6 Å². The molecule has 2 aromatic heterocycles. The number of rotatable bonds is 2. The van der Waals surface area contributed by atoms with Gasteiger partial charge in [-0.2, -0.15) is 20.1 Å². The lowest BCUT2D eigenvalue weighted by Crippen LogP contribution is -2.44. The van der Waals surface area contributed by atoms with E-state index >= 15 is 0 Å². The second-order valence-corrected chi connectivity index (χ2v) is 4.23. The van der Waals surface area contributed by atoms with E-state index in [1.165, 1.54) is 0 Å². The van der Waals surface area contributed by atoms with Gasteiger partial charge in [-0.3, -0.25) is 0 Å². The molecule has 1 saturated heterocycles. The van der Waals surface area contributed by atoms with Gasteiger partial charge in [-0.1, -0.05) is 0 Å². The number of piperazine rings is 1. The van der Waals surface area contributed by atoms with Gasteiger partial charge in [0.2, 0.25) is 11.2 Å². The van der Waals surface area contributed by atoms with E-state index in [9.17, 15) is 0 Å². The van der Waals surface area contributed by atoms with Gasteiger partial charge in [0.05, 0.1) is 0 Å². The van der Waals surface area contributed by atoms with Gasteiger partial charge in [0.25, 0.3) is 5.95 Å². The van der Waals surface area contributed by atoms with Crippen molar-refractivity contribution in [1.29, 1.82) is 0 Å². The summed E-state index contributed by atoms with van der Waals surface area (Å²) in [4.78, 5) is 14.7. The van der Waals surface area contributed by atoms with Crippen LogP contribution in [0, 0.1) is 0 Å². The summed E-state index contributed by atoms with van der Waals surface area (Å²) in [5.74, 6) is 1.04. The van der Waals surface area contributed by atoms with E-state index < -0.39 is 0 Å². The number of anilines is 1. The highest BCUT2D eigenvalue weighted by atomic mass is 35.5. The van der Waals surface area contributed by atoms with E-state index in [0.29, 0.717) is 11.9 Å². The first-order valence-electron chi connectivity index (χ1n) is 5.70. The van der Waals surface area contributed by atoms with Gasteiger partial charge in [-0.05, 0) is 17.7 Å². The third-order valence-corrected chi connectivity index (χ3v) is 2.86. The predicted octanol–water partition coefficient (Wildman–Crippen LogP) is 0.120. The maximum Gasteiger partial charge on any atom is 0.256 e. The van der Waals surface area contributed by atoms with Gasteiger partial charge < -0.3 is 10.2 Å². The van der Waals surface area contributed by atoms with Crippen LogP contribution in [0.25, 0.3) is 5.95 Å². The van der Waals surface area contributed by atoms with E-state index in [2.05, 4.69) is 30.3 Å². The molecule has 8 heteroatoms. The first kappa shape index (κ1) is 11.4. The summed E-state index contributed by atoms with van der Waals surface area (Å²) in [6.07, 6.45) is 3.44. The Labute approximate surface area is 109 Å². The van der Waals surface area contributed by atoms with Crippen LogP contribution in [0.2, 0.25) is 5.28 Å². The average molecular weight is 266 g/mol. The molecule has 1 aliphatic rings. The molecular weight excluding hydrogens is 254 g/mol. The lowest BCUT2D eigenvalue weighted by Gasteiger charge is -2.27. The molecule has 0 aliphatic carbocycles. The maximum absolute atomic E-state index is 5.94. The summed E-state index contributed by atoms with van der Waals surface area (Å²) < 4.78 is 1.57. The van der Waals surface area contributed by atoms with Gasteiger partial charge >= 0.3 is 0 Å². The molecule has 2 aromatic rings. The summed E-state index contributed by atoms with van der Waals surface area (Å²) >= 11 is 5.94. The third kappa shape index (κ3) is 2.27. The van der Waals surface area contributed by atoms with Crippen molar-refractivity contribution in [1.82, 2.24) is 30.0 Å². The zero-order valence-corrected chi connectivity index (χ0v) is 10.4. The Hall–Kier alpha value is -1.73. The Balaban J connectivity index is 1.95. The third-order valence-electron chi connectivity index (χ3n) is 2.69. The Bertz CT molecular complexity index is 521. The zero-order chi connectivity index (χ0) is 12.4. The monoisotopic (exact) mass is 265 g/mol. The minimum Gasteiger partial charge on any atom is -0.338 e. The summed E-state index contributed by atoms with van der Waals surface area (Å²) in [7, 11) is 0. The number of hydrogen-bond acceptors (Lipinski definition) is 6. The SMILES string of the molecule is Clc1nc(N2CCNCC2)nc(-n2cccn2)n1. The highest BCUT2D eigenvalue weighted by Gasteiger charge is 2.16. The van der Waals surface area contributed by atoms with Gasteiger partial charge in [0.15, 0.2) is 0 Å². The van der Waals surface area contributed by atoms with Crippen LogP contribution in [-0.2, 0) is 0 Å². The van der Waals surface area contributed by atoms with E-state index in [0.717, 1.165) is 26.2 Å². The molecule has 0 saturated carbocycles. The highest BCUT2D eigenvalue weighted by Crippen LogP contribution is 2.13. The molecule has 94 valence electrons. The molecule has 3 rings (SSSR count). The van der Waals surface area contributed by atoms with Crippen LogP contribution in [0.4, 0.5) is 5.95 Å². The van der Waals surface area contributed by atoms with E-state index in [1.54, 1.807) is 17.1 Å². The Kier molecular flexibility index (Phi) is 3.07. The lowest BCUT2D eigenvalue weighted by molar-refractivity contribution is 0.577. The molecule has 0 radical (unpaired) electrons. The van der Waals surface area contributed by atoms with E-state index in [1.807, 2.05) is 6.07 Å².